The largest absolute Gasteiger partial charge is 0.494 e. The van der Waals surface area contributed by atoms with E-state index in [9.17, 15) is 9.59 Å². The maximum atomic E-state index is 12.3. The molecule has 8 heteroatoms. The summed E-state index contributed by atoms with van der Waals surface area (Å²) in [5.74, 6) is 0.262. The van der Waals surface area contributed by atoms with Gasteiger partial charge in [0.1, 0.15) is 17.2 Å². The lowest BCUT2D eigenvalue weighted by atomic mass is 10.1. The molecular formula is C22H24N4O4. The minimum atomic E-state index is -0.539. The topological polar surface area (TPSA) is 94.5 Å². The fraction of sp³-hybridized carbons (Fsp3) is 0.227. The Balaban J connectivity index is 1.57. The first-order chi connectivity index (χ1) is 14.5. The molecule has 1 aromatic heterocycles. The zero-order valence-electron chi connectivity index (χ0n) is 17.1. The Morgan fingerprint density at radius 3 is 2.63 bits per heavy atom. The van der Waals surface area contributed by atoms with Crippen LogP contribution in [-0.2, 0) is 11.2 Å². The van der Waals surface area contributed by atoms with Gasteiger partial charge in [0.05, 0.1) is 7.11 Å². The van der Waals surface area contributed by atoms with Crippen LogP contribution < -0.4 is 20.3 Å². The van der Waals surface area contributed by atoms with Crippen molar-refractivity contribution in [2.45, 2.75) is 20.3 Å². The molecular weight excluding hydrogens is 384 g/mol. The molecule has 156 valence electrons. The number of hydrogen-bond acceptors (Lipinski definition) is 5. The molecule has 3 rings (SSSR count). The second-order valence-corrected chi connectivity index (χ2v) is 6.57. The van der Waals surface area contributed by atoms with Crippen molar-refractivity contribution < 1.29 is 19.1 Å². The lowest BCUT2D eigenvalue weighted by Gasteiger charge is -2.11. The zero-order chi connectivity index (χ0) is 21.5. The molecule has 0 unspecified atom stereocenters. The van der Waals surface area contributed by atoms with Crippen molar-refractivity contribution in [2.75, 3.05) is 13.7 Å². The SMILES string of the molecule is CCc1ccccc1OCC(=O)NNC(=O)c1ccn(-c2cc(C)ccc2OC)n1. The number of carbonyl (C=O) groups excluding carboxylic acids is 2. The minimum Gasteiger partial charge on any atom is -0.494 e. The van der Waals surface area contributed by atoms with Crippen molar-refractivity contribution in [1.82, 2.24) is 20.6 Å². The van der Waals surface area contributed by atoms with Crippen molar-refractivity contribution in [3.63, 3.8) is 0 Å². The van der Waals surface area contributed by atoms with E-state index in [4.69, 9.17) is 9.47 Å². The predicted molar refractivity (Wildman–Crippen MR) is 112 cm³/mol. The molecule has 0 atom stereocenters. The quantitative estimate of drug-likeness (QED) is 0.586. The third kappa shape index (κ3) is 4.96. The second-order valence-electron chi connectivity index (χ2n) is 6.57. The summed E-state index contributed by atoms with van der Waals surface area (Å²) in [6.07, 6.45) is 2.45. The van der Waals surface area contributed by atoms with Crippen LogP contribution in [0.2, 0.25) is 0 Å². The van der Waals surface area contributed by atoms with Crippen LogP contribution in [0.5, 0.6) is 11.5 Å². The van der Waals surface area contributed by atoms with Crippen molar-refractivity contribution in [3.8, 4) is 17.2 Å². The Morgan fingerprint density at radius 1 is 1.07 bits per heavy atom. The number of hydrogen-bond donors (Lipinski definition) is 2. The number of ether oxygens (including phenoxy) is 2. The van der Waals surface area contributed by atoms with Gasteiger partial charge in [-0.3, -0.25) is 20.4 Å². The fourth-order valence-electron chi connectivity index (χ4n) is 2.86. The number of para-hydroxylation sites is 1. The number of aryl methyl sites for hydroxylation is 2. The van der Waals surface area contributed by atoms with Crippen LogP contribution in [-0.4, -0.2) is 35.3 Å². The van der Waals surface area contributed by atoms with E-state index in [1.54, 1.807) is 30.1 Å². The third-order valence-corrected chi connectivity index (χ3v) is 4.43. The van der Waals surface area contributed by atoms with Crippen molar-refractivity contribution in [1.29, 1.82) is 0 Å². The molecule has 0 spiro atoms. The number of nitrogens with zero attached hydrogens (tertiary/aromatic N) is 2. The Morgan fingerprint density at radius 2 is 1.87 bits per heavy atom. The van der Waals surface area contributed by atoms with Crippen LogP contribution in [0.3, 0.4) is 0 Å². The highest BCUT2D eigenvalue weighted by Crippen LogP contribution is 2.23. The van der Waals surface area contributed by atoms with Gasteiger partial charge in [-0.1, -0.05) is 31.2 Å². The van der Waals surface area contributed by atoms with Gasteiger partial charge < -0.3 is 9.47 Å². The average molecular weight is 408 g/mol. The van der Waals surface area contributed by atoms with Crippen molar-refractivity contribution in [3.05, 3.63) is 71.5 Å². The average Bonchev–Trinajstić information content (AvgIpc) is 3.26. The maximum Gasteiger partial charge on any atom is 0.290 e. The molecule has 0 saturated carbocycles. The molecule has 0 bridgehead atoms. The van der Waals surface area contributed by atoms with E-state index in [0.29, 0.717) is 17.2 Å². The van der Waals surface area contributed by atoms with Crippen molar-refractivity contribution >= 4 is 11.8 Å². The van der Waals surface area contributed by atoms with E-state index in [2.05, 4.69) is 16.0 Å². The summed E-state index contributed by atoms with van der Waals surface area (Å²) in [5.41, 5.74) is 7.57. The summed E-state index contributed by atoms with van der Waals surface area (Å²) in [6, 6.07) is 14.7. The van der Waals surface area contributed by atoms with Gasteiger partial charge in [-0.25, -0.2) is 4.68 Å². The van der Waals surface area contributed by atoms with E-state index in [1.807, 2.05) is 50.2 Å². The number of carbonyl (C=O) groups is 2. The number of benzene rings is 2. The number of methoxy groups -OCH3 is 1. The maximum absolute atomic E-state index is 12.3. The number of aromatic nitrogens is 2. The summed E-state index contributed by atoms with van der Waals surface area (Å²) < 4.78 is 12.4. The fourth-order valence-corrected chi connectivity index (χ4v) is 2.86. The molecule has 0 aliphatic carbocycles. The lowest BCUT2D eigenvalue weighted by molar-refractivity contribution is -0.123. The highest BCUT2D eigenvalue weighted by Gasteiger charge is 2.14. The first-order valence-electron chi connectivity index (χ1n) is 9.52. The first kappa shape index (κ1) is 20.9. The molecule has 2 aromatic carbocycles. The van der Waals surface area contributed by atoms with Crippen molar-refractivity contribution in [2.24, 2.45) is 0 Å². The Hall–Kier alpha value is -3.81. The lowest BCUT2D eigenvalue weighted by Crippen LogP contribution is -2.44. The van der Waals surface area contributed by atoms with E-state index in [-0.39, 0.29) is 12.3 Å². The van der Waals surface area contributed by atoms with E-state index < -0.39 is 11.8 Å². The summed E-state index contributed by atoms with van der Waals surface area (Å²) >= 11 is 0. The van der Waals surface area contributed by atoms with Crippen LogP contribution in [0.25, 0.3) is 5.69 Å². The van der Waals surface area contributed by atoms with Gasteiger partial charge in [0.25, 0.3) is 11.8 Å². The van der Waals surface area contributed by atoms with E-state index >= 15 is 0 Å². The van der Waals surface area contributed by atoms with Gasteiger partial charge in [-0.2, -0.15) is 5.10 Å². The van der Waals surface area contributed by atoms with Crippen LogP contribution in [0, 0.1) is 6.92 Å². The highest BCUT2D eigenvalue weighted by atomic mass is 16.5. The molecule has 30 heavy (non-hydrogen) atoms. The molecule has 3 aromatic rings. The first-order valence-corrected chi connectivity index (χ1v) is 9.52. The smallest absolute Gasteiger partial charge is 0.290 e. The Bertz CT molecular complexity index is 1050. The zero-order valence-corrected chi connectivity index (χ0v) is 17.1. The molecule has 0 aliphatic rings. The molecule has 0 aliphatic heterocycles. The Kier molecular flexibility index (Phi) is 6.69. The predicted octanol–water partition coefficient (Wildman–Crippen LogP) is 2.59. The second kappa shape index (κ2) is 9.60. The summed E-state index contributed by atoms with van der Waals surface area (Å²) in [7, 11) is 1.57. The number of amides is 2. The molecule has 0 fully saturated rings. The number of rotatable bonds is 7. The van der Waals surface area contributed by atoms with Gasteiger partial charge in [-0.05, 0) is 48.7 Å². The van der Waals surface area contributed by atoms with Crippen LogP contribution in [0.1, 0.15) is 28.5 Å². The van der Waals surface area contributed by atoms with Crippen LogP contribution in [0.15, 0.2) is 54.7 Å². The van der Waals surface area contributed by atoms with Gasteiger partial charge in [0, 0.05) is 6.20 Å². The van der Waals surface area contributed by atoms with Gasteiger partial charge in [-0.15, -0.1) is 0 Å². The standard InChI is InChI=1S/C22H24N4O4/c1-4-16-7-5-6-8-19(16)30-14-21(27)23-24-22(28)17-11-12-26(25-17)18-13-15(2)9-10-20(18)29-3/h5-13H,4,14H2,1-3H3,(H,23,27)(H,24,28). The number of nitrogens with one attached hydrogen (secondary N) is 2. The van der Waals surface area contributed by atoms with E-state index in [0.717, 1.165) is 17.5 Å². The summed E-state index contributed by atoms with van der Waals surface area (Å²) in [6.45, 7) is 3.75. The summed E-state index contributed by atoms with van der Waals surface area (Å²) in [5, 5.41) is 4.27. The molecule has 8 nitrogen and oxygen atoms in total. The molecule has 0 saturated heterocycles. The molecule has 2 N–H and O–H groups in total. The van der Waals surface area contributed by atoms with Crippen LogP contribution >= 0.6 is 0 Å². The number of hydrazine groups is 1. The minimum absolute atomic E-state index is 0.149. The normalized spacial score (nSPS) is 10.4. The third-order valence-electron chi connectivity index (χ3n) is 4.43. The van der Waals surface area contributed by atoms with E-state index in [1.165, 1.54) is 0 Å². The monoisotopic (exact) mass is 408 g/mol. The molecule has 1 heterocycles. The molecule has 2 amide bonds. The molecule has 0 radical (unpaired) electrons. The highest BCUT2D eigenvalue weighted by molar-refractivity contribution is 5.93. The van der Waals surface area contributed by atoms with Crippen LogP contribution in [0.4, 0.5) is 0 Å². The van der Waals surface area contributed by atoms with Gasteiger partial charge in [0.15, 0.2) is 12.3 Å². The van der Waals surface area contributed by atoms with Gasteiger partial charge >= 0.3 is 0 Å². The summed E-state index contributed by atoms with van der Waals surface area (Å²) in [4.78, 5) is 24.3. The Labute approximate surface area is 174 Å². The van der Waals surface area contributed by atoms with Gasteiger partial charge in [0.2, 0.25) is 0 Å².